The first-order valence-corrected chi connectivity index (χ1v) is 7.17. The van der Waals surface area contributed by atoms with E-state index < -0.39 is 0 Å². The van der Waals surface area contributed by atoms with E-state index in [1.54, 1.807) is 0 Å². The summed E-state index contributed by atoms with van der Waals surface area (Å²) in [6, 6.07) is 5.61. The Kier molecular flexibility index (Phi) is 4.40. The van der Waals surface area contributed by atoms with E-state index in [9.17, 15) is 0 Å². The number of hydrogen-bond donors (Lipinski definition) is 1. The van der Waals surface area contributed by atoms with Gasteiger partial charge in [-0.25, -0.2) is 0 Å². The Balaban J connectivity index is 1.47. The first-order chi connectivity index (χ1) is 9.83. The minimum Gasteiger partial charge on any atom is -0.454 e. The molecule has 2 aliphatic heterocycles. The van der Waals surface area contributed by atoms with Gasteiger partial charge in [-0.2, -0.15) is 0 Å². The Morgan fingerprint density at radius 1 is 1.25 bits per heavy atom. The highest BCUT2D eigenvalue weighted by molar-refractivity contribution is 5.45. The SMILES string of the molecule is NC(COCC1CCCCO1)c1ccc2c(c1)OCO2. The van der Waals surface area contributed by atoms with Gasteiger partial charge >= 0.3 is 0 Å². The van der Waals surface area contributed by atoms with Gasteiger partial charge in [0.15, 0.2) is 11.5 Å². The average molecular weight is 279 g/mol. The number of nitrogens with two attached hydrogens (primary N) is 1. The van der Waals surface area contributed by atoms with Gasteiger partial charge < -0.3 is 24.7 Å². The van der Waals surface area contributed by atoms with Crippen molar-refractivity contribution in [3.05, 3.63) is 23.8 Å². The quantitative estimate of drug-likeness (QED) is 0.893. The molecule has 2 heterocycles. The predicted molar refractivity (Wildman–Crippen MR) is 73.9 cm³/mol. The zero-order valence-corrected chi connectivity index (χ0v) is 11.5. The van der Waals surface area contributed by atoms with Gasteiger partial charge in [-0.3, -0.25) is 0 Å². The lowest BCUT2D eigenvalue weighted by Crippen LogP contribution is -2.26. The topological polar surface area (TPSA) is 62.9 Å². The van der Waals surface area contributed by atoms with Crippen molar-refractivity contribution in [2.24, 2.45) is 5.73 Å². The van der Waals surface area contributed by atoms with E-state index in [4.69, 9.17) is 24.7 Å². The maximum Gasteiger partial charge on any atom is 0.231 e. The molecule has 5 nitrogen and oxygen atoms in total. The molecule has 2 unspecified atom stereocenters. The lowest BCUT2D eigenvalue weighted by atomic mass is 10.1. The van der Waals surface area contributed by atoms with Crippen molar-refractivity contribution in [2.45, 2.75) is 31.4 Å². The molecule has 0 spiro atoms. The highest BCUT2D eigenvalue weighted by Gasteiger charge is 2.17. The minimum absolute atomic E-state index is 0.159. The van der Waals surface area contributed by atoms with Gasteiger partial charge in [0.25, 0.3) is 0 Å². The van der Waals surface area contributed by atoms with Crippen LogP contribution < -0.4 is 15.2 Å². The van der Waals surface area contributed by atoms with Gasteiger partial charge in [-0.05, 0) is 37.0 Å². The summed E-state index contributed by atoms with van der Waals surface area (Å²) < 4.78 is 21.9. The number of hydrogen-bond acceptors (Lipinski definition) is 5. The van der Waals surface area contributed by atoms with E-state index in [0.29, 0.717) is 13.2 Å². The maximum absolute atomic E-state index is 6.14. The molecule has 2 atom stereocenters. The third-order valence-electron chi connectivity index (χ3n) is 3.70. The summed E-state index contributed by atoms with van der Waals surface area (Å²) >= 11 is 0. The van der Waals surface area contributed by atoms with Crippen LogP contribution in [0, 0.1) is 0 Å². The van der Waals surface area contributed by atoms with Crippen LogP contribution in [0.4, 0.5) is 0 Å². The van der Waals surface area contributed by atoms with Crippen molar-refractivity contribution >= 4 is 0 Å². The molecule has 5 heteroatoms. The van der Waals surface area contributed by atoms with E-state index in [0.717, 1.165) is 36.5 Å². The van der Waals surface area contributed by atoms with Crippen LogP contribution >= 0.6 is 0 Å². The van der Waals surface area contributed by atoms with Crippen molar-refractivity contribution in [2.75, 3.05) is 26.6 Å². The molecule has 0 bridgehead atoms. The van der Waals surface area contributed by atoms with Crippen molar-refractivity contribution in [1.29, 1.82) is 0 Å². The molecule has 0 aliphatic carbocycles. The largest absolute Gasteiger partial charge is 0.454 e. The Hall–Kier alpha value is -1.30. The van der Waals surface area contributed by atoms with Crippen LogP contribution in [0.15, 0.2) is 18.2 Å². The maximum atomic E-state index is 6.14. The summed E-state index contributed by atoms with van der Waals surface area (Å²) in [5, 5.41) is 0. The Morgan fingerprint density at radius 3 is 3.00 bits per heavy atom. The number of fused-ring (bicyclic) bond motifs is 1. The second kappa shape index (κ2) is 6.43. The first kappa shape index (κ1) is 13.7. The fourth-order valence-corrected chi connectivity index (χ4v) is 2.51. The summed E-state index contributed by atoms with van der Waals surface area (Å²) in [7, 11) is 0. The molecular weight excluding hydrogens is 258 g/mol. The molecule has 0 radical (unpaired) electrons. The zero-order valence-electron chi connectivity index (χ0n) is 11.5. The van der Waals surface area contributed by atoms with Crippen LogP contribution in [0.3, 0.4) is 0 Å². The molecule has 3 rings (SSSR count). The fraction of sp³-hybridized carbons (Fsp3) is 0.600. The second-order valence-electron chi connectivity index (χ2n) is 5.25. The highest BCUT2D eigenvalue weighted by Crippen LogP contribution is 2.33. The molecule has 0 aromatic heterocycles. The normalized spacial score (nSPS) is 22.8. The van der Waals surface area contributed by atoms with E-state index in [2.05, 4.69) is 0 Å². The Morgan fingerprint density at radius 2 is 2.15 bits per heavy atom. The average Bonchev–Trinajstić information content (AvgIpc) is 2.95. The molecule has 0 saturated carbocycles. The summed E-state index contributed by atoms with van der Waals surface area (Å²) in [4.78, 5) is 0. The smallest absolute Gasteiger partial charge is 0.231 e. The van der Waals surface area contributed by atoms with Crippen molar-refractivity contribution in [3.8, 4) is 11.5 Å². The number of ether oxygens (including phenoxy) is 4. The minimum atomic E-state index is -0.159. The monoisotopic (exact) mass is 279 g/mol. The van der Waals surface area contributed by atoms with Crippen LogP contribution in [-0.4, -0.2) is 32.7 Å². The van der Waals surface area contributed by atoms with Crippen LogP contribution in [0.1, 0.15) is 30.9 Å². The van der Waals surface area contributed by atoms with E-state index in [-0.39, 0.29) is 18.9 Å². The first-order valence-electron chi connectivity index (χ1n) is 7.17. The third-order valence-corrected chi connectivity index (χ3v) is 3.70. The standard InChI is InChI=1S/C15H21NO4/c16-13(9-17-8-12-3-1-2-6-18-12)11-4-5-14-15(7-11)20-10-19-14/h4-5,7,12-13H,1-3,6,8-10,16H2. The molecule has 1 saturated heterocycles. The molecule has 2 N–H and O–H groups in total. The van der Waals surface area contributed by atoms with Crippen LogP contribution in [0.25, 0.3) is 0 Å². The second-order valence-corrected chi connectivity index (χ2v) is 5.25. The lowest BCUT2D eigenvalue weighted by Gasteiger charge is -2.23. The van der Waals surface area contributed by atoms with Gasteiger partial charge in [0.1, 0.15) is 0 Å². The lowest BCUT2D eigenvalue weighted by molar-refractivity contribution is -0.0428. The molecule has 110 valence electrons. The Bertz CT molecular complexity index is 445. The van der Waals surface area contributed by atoms with Crippen molar-refractivity contribution in [3.63, 3.8) is 0 Å². The predicted octanol–water partition coefficient (Wildman–Crippen LogP) is 2.00. The molecule has 1 fully saturated rings. The highest BCUT2D eigenvalue weighted by atomic mass is 16.7. The molecule has 0 amide bonds. The molecule has 2 aliphatic rings. The van der Waals surface area contributed by atoms with E-state index in [1.165, 1.54) is 6.42 Å². The fourth-order valence-electron chi connectivity index (χ4n) is 2.51. The molecule has 1 aromatic rings. The molecule has 1 aromatic carbocycles. The summed E-state index contributed by atoms with van der Waals surface area (Å²) in [6.45, 7) is 2.24. The van der Waals surface area contributed by atoms with Gasteiger partial charge in [0.2, 0.25) is 6.79 Å². The van der Waals surface area contributed by atoms with Crippen LogP contribution in [0.2, 0.25) is 0 Å². The summed E-state index contributed by atoms with van der Waals surface area (Å²) in [5.41, 5.74) is 7.14. The van der Waals surface area contributed by atoms with Gasteiger partial charge in [0.05, 0.1) is 25.4 Å². The summed E-state index contributed by atoms with van der Waals surface area (Å²) in [6.07, 6.45) is 3.70. The van der Waals surface area contributed by atoms with Crippen molar-refractivity contribution in [1.82, 2.24) is 0 Å². The number of rotatable bonds is 5. The van der Waals surface area contributed by atoms with Gasteiger partial charge in [-0.15, -0.1) is 0 Å². The number of benzene rings is 1. The van der Waals surface area contributed by atoms with Crippen LogP contribution in [-0.2, 0) is 9.47 Å². The van der Waals surface area contributed by atoms with E-state index in [1.807, 2.05) is 18.2 Å². The van der Waals surface area contributed by atoms with Gasteiger partial charge in [0, 0.05) is 6.61 Å². The molecular formula is C15H21NO4. The van der Waals surface area contributed by atoms with Crippen molar-refractivity contribution < 1.29 is 18.9 Å². The molecule has 20 heavy (non-hydrogen) atoms. The Labute approximate surface area is 118 Å². The zero-order chi connectivity index (χ0) is 13.8. The summed E-state index contributed by atoms with van der Waals surface area (Å²) in [5.74, 6) is 1.53. The van der Waals surface area contributed by atoms with Crippen LogP contribution in [0.5, 0.6) is 11.5 Å². The van der Waals surface area contributed by atoms with E-state index >= 15 is 0 Å². The van der Waals surface area contributed by atoms with Gasteiger partial charge in [-0.1, -0.05) is 6.07 Å². The third kappa shape index (κ3) is 3.23.